The summed E-state index contributed by atoms with van der Waals surface area (Å²) in [6.07, 6.45) is 12.1. The Kier molecular flexibility index (Phi) is 11.2. The first-order chi connectivity index (χ1) is 14.3. The number of hydrogen-bond acceptors (Lipinski definition) is 5. The van der Waals surface area contributed by atoms with Gasteiger partial charge in [0.25, 0.3) is 0 Å². The molecule has 3 rings (SSSR count). The predicted octanol–water partition coefficient (Wildman–Crippen LogP) is 2.27. The Morgan fingerprint density at radius 1 is 1.10 bits per heavy atom. The number of carbonyl (C=O) groups is 1. The molecule has 2 heterocycles. The van der Waals surface area contributed by atoms with Gasteiger partial charge in [-0.2, -0.15) is 0 Å². The summed E-state index contributed by atoms with van der Waals surface area (Å²) < 4.78 is 0. The first kappa shape index (κ1) is 24.6. The number of rotatable bonds is 8. The molecule has 2 aliphatic rings. The number of amides is 1. The van der Waals surface area contributed by atoms with E-state index in [2.05, 4.69) is 30.5 Å². The van der Waals surface area contributed by atoms with Gasteiger partial charge in [-0.15, -0.1) is 24.0 Å². The number of aliphatic imine (C=N–C) groups is 1. The third-order valence-electron chi connectivity index (χ3n) is 5.88. The number of halogens is 1. The third kappa shape index (κ3) is 7.88. The van der Waals surface area contributed by atoms with Crippen molar-refractivity contribution < 1.29 is 4.79 Å². The average Bonchev–Trinajstić information content (AvgIpc) is 3.29. The minimum atomic E-state index is 0. The summed E-state index contributed by atoms with van der Waals surface area (Å²) >= 11 is 0. The van der Waals surface area contributed by atoms with Crippen molar-refractivity contribution in [3.8, 4) is 0 Å². The van der Waals surface area contributed by atoms with Crippen LogP contribution in [0.5, 0.6) is 0 Å². The van der Waals surface area contributed by atoms with Crippen molar-refractivity contribution in [1.29, 1.82) is 0 Å². The van der Waals surface area contributed by atoms with Crippen molar-refractivity contribution in [2.75, 3.05) is 51.2 Å². The minimum Gasteiger partial charge on any atom is -0.356 e. The van der Waals surface area contributed by atoms with Crippen LogP contribution < -0.4 is 15.5 Å². The van der Waals surface area contributed by atoms with Crippen LogP contribution >= 0.6 is 24.0 Å². The number of aromatic nitrogens is 2. The monoisotopic (exact) mass is 529 g/mol. The Balaban J connectivity index is 0.00000320. The average molecular weight is 529 g/mol. The zero-order valence-electron chi connectivity index (χ0n) is 18.1. The maximum absolute atomic E-state index is 12.5. The Morgan fingerprint density at radius 3 is 2.43 bits per heavy atom. The number of nitrogens with one attached hydrogen (secondary N) is 2. The molecule has 1 saturated carbocycles. The fourth-order valence-corrected chi connectivity index (χ4v) is 4.17. The van der Waals surface area contributed by atoms with Gasteiger partial charge in [-0.05, 0) is 24.8 Å². The van der Waals surface area contributed by atoms with E-state index in [0.29, 0.717) is 26.1 Å². The largest absolute Gasteiger partial charge is 0.356 e. The molecule has 1 amide bonds. The first-order valence-electron chi connectivity index (χ1n) is 11.0. The van der Waals surface area contributed by atoms with E-state index >= 15 is 0 Å². The Labute approximate surface area is 197 Å². The number of piperazine rings is 1. The SMILES string of the molecule is CN=C(NCCCC1CCCC1)NCCC(=O)N1CCN(c2ncccn2)CC1.I. The summed E-state index contributed by atoms with van der Waals surface area (Å²) in [4.78, 5) is 29.4. The second kappa shape index (κ2) is 13.6. The number of carbonyl (C=O) groups excluding carboxylic acids is 1. The summed E-state index contributed by atoms with van der Waals surface area (Å²) in [7, 11) is 1.78. The molecule has 9 heteroatoms. The van der Waals surface area contributed by atoms with Crippen LogP contribution in [0, 0.1) is 5.92 Å². The molecular formula is C21H36IN7O. The maximum Gasteiger partial charge on any atom is 0.225 e. The smallest absolute Gasteiger partial charge is 0.225 e. The molecule has 0 unspecified atom stereocenters. The van der Waals surface area contributed by atoms with E-state index in [9.17, 15) is 4.79 Å². The van der Waals surface area contributed by atoms with Crippen LogP contribution in [0.2, 0.25) is 0 Å². The summed E-state index contributed by atoms with van der Waals surface area (Å²) in [6, 6.07) is 1.81. The highest BCUT2D eigenvalue weighted by Crippen LogP contribution is 2.28. The molecule has 1 aromatic rings. The summed E-state index contributed by atoms with van der Waals surface area (Å²) in [5.74, 6) is 2.64. The van der Waals surface area contributed by atoms with E-state index in [-0.39, 0.29) is 29.9 Å². The van der Waals surface area contributed by atoms with Crippen LogP contribution in [-0.4, -0.2) is 73.1 Å². The van der Waals surface area contributed by atoms with Crippen LogP contribution in [-0.2, 0) is 4.79 Å². The van der Waals surface area contributed by atoms with Gasteiger partial charge in [-0.3, -0.25) is 9.79 Å². The minimum absolute atomic E-state index is 0. The molecule has 1 aromatic heterocycles. The molecule has 1 aliphatic heterocycles. The lowest BCUT2D eigenvalue weighted by Gasteiger charge is -2.34. The van der Waals surface area contributed by atoms with Crippen LogP contribution in [0.15, 0.2) is 23.5 Å². The highest BCUT2D eigenvalue weighted by molar-refractivity contribution is 14.0. The van der Waals surface area contributed by atoms with Crippen LogP contribution in [0.4, 0.5) is 5.95 Å². The molecule has 0 bridgehead atoms. The molecule has 8 nitrogen and oxygen atoms in total. The van der Waals surface area contributed by atoms with Crippen LogP contribution in [0.1, 0.15) is 44.9 Å². The van der Waals surface area contributed by atoms with Crippen molar-refractivity contribution in [2.24, 2.45) is 10.9 Å². The lowest BCUT2D eigenvalue weighted by molar-refractivity contribution is -0.131. The van der Waals surface area contributed by atoms with Gasteiger partial charge in [0.05, 0.1) is 0 Å². The summed E-state index contributed by atoms with van der Waals surface area (Å²) in [6.45, 7) is 4.51. The predicted molar refractivity (Wildman–Crippen MR) is 131 cm³/mol. The molecule has 2 N–H and O–H groups in total. The maximum atomic E-state index is 12.5. The number of hydrogen-bond donors (Lipinski definition) is 2. The van der Waals surface area contributed by atoms with Gasteiger partial charge in [0.2, 0.25) is 11.9 Å². The van der Waals surface area contributed by atoms with E-state index in [1.165, 1.54) is 38.5 Å². The van der Waals surface area contributed by atoms with E-state index < -0.39 is 0 Å². The molecule has 0 aromatic carbocycles. The molecule has 168 valence electrons. The Hall–Kier alpha value is -1.65. The van der Waals surface area contributed by atoms with Gasteiger partial charge < -0.3 is 20.4 Å². The second-order valence-electron chi connectivity index (χ2n) is 7.89. The fourth-order valence-electron chi connectivity index (χ4n) is 4.17. The lowest BCUT2D eigenvalue weighted by atomic mass is 10.0. The molecule has 2 fully saturated rings. The van der Waals surface area contributed by atoms with Gasteiger partial charge >= 0.3 is 0 Å². The van der Waals surface area contributed by atoms with Gasteiger partial charge in [0.1, 0.15) is 0 Å². The molecule has 0 atom stereocenters. The first-order valence-corrected chi connectivity index (χ1v) is 11.0. The quantitative estimate of drug-likeness (QED) is 0.233. The van der Waals surface area contributed by atoms with Gasteiger partial charge in [0.15, 0.2) is 5.96 Å². The number of anilines is 1. The lowest BCUT2D eigenvalue weighted by Crippen LogP contribution is -2.50. The van der Waals surface area contributed by atoms with Crippen molar-refractivity contribution in [1.82, 2.24) is 25.5 Å². The second-order valence-corrected chi connectivity index (χ2v) is 7.89. The normalized spacial score (nSPS) is 17.6. The molecule has 30 heavy (non-hydrogen) atoms. The Bertz CT molecular complexity index is 644. The third-order valence-corrected chi connectivity index (χ3v) is 5.88. The number of guanidine groups is 1. The van der Waals surface area contributed by atoms with Crippen molar-refractivity contribution in [3.63, 3.8) is 0 Å². The van der Waals surface area contributed by atoms with E-state index in [4.69, 9.17) is 0 Å². The van der Waals surface area contributed by atoms with Crippen molar-refractivity contribution in [3.05, 3.63) is 18.5 Å². The molecule has 1 aliphatic carbocycles. The molecule has 1 saturated heterocycles. The summed E-state index contributed by atoms with van der Waals surface area (Å²) in [5.41, 5.74) is 0. The van der Waals surface area contributed by atoms with Gasteiger partial charge in [-0.1, -0.05) is 25.7 Å². The van der Waals surface area contributed by atoms with E-state index in [1.54, 1.807) is 19.4 Å². The standard InChI is InChI=1S/C21H35N7O.HI/c1-22-20(23-10-4-8-18-6-2-3-7-18)24-13-9-19(29)27-14-16-28(17-15-27)21-25-11-5-12-26-21;/h5,11-12,18H,2-4,6-10,13-17H2,1H3,(H2,22,23,24);1H. The topological polar surface area (TPSA) is 85.8 Å². The molecule has 0 radical (unpaired) electrons. The zero-order chi connectivity index (χ0) is 20.3. The van der Waals surface area contributed by atoms with Gasteiger partial charge in [-0.25, -0.2) is 9.97 Å². The summed E-state index contributed by atoms with van der Waals surface area (Å²) in [5, 5.41) is 6.63. The Morgan fingerprint density at radius 2 is 1.77 bits per heavy atom. The van der Waals surface area contributed by atoms with Gasteiger partial charge in [0, 0.05) is 65.1 Å². The van der Waals surface area contributed by atoms with Crippen molar-refractivity contribution >= 4 is 41.8 Å². The van der Waals surface area contributed by atoms with E-state index in [1.807, 2.05) is 11.0 Å². The van der Waals surface area contributed by atoms with Crippen LogP contribution in [0.25, 0.3) is 0 Å². The van der Waals surface area contributed by atoms with E-state index in [0.717, 1.165) is 37.5 Å². The number of nitrogens with zero attached hydrogens (tertiary/aromatic N) is 5. The highest BCUT2D eigenvalue weighted by atomic mass is 127. The van der Waals surface area contributed by atoms with Crippen molar-refractivity contribution in [2.45, 2.75) is 44.9 Å². The zero-order valence-corrected chi connectivity index (χ0v) is 20.4. The fraction of sp³-hybridized carbons (Fsp3) is 0.714. The molecular weight excluding hydrogens is 493 g/mol. The highest BCUT2D eigenvalue weighted by Gasteiger charge is 2.22. The molecule has 0 spiro atoms. The van der Waals surface area contributed by atoms with Crippen LogP contribution in [0.3, 0.4) is 0 Å².